The second-order valence-electron chi connectivity index (χ2n) is 8.30. The zero-order valence-corrected chi connectivity index (χ0v) is 18.9. The molecule has 0 radical (unpaired) electrons. The number of anilines is 1. The maximum Gasteiger partial charge on any atom is 0.422 e. The summed E-state index contributed by atoms with van der Waals surface area (Å²) in [6.07, 6.45) is 0.0650. The molecular formula is C22H24F3N7O2. The number of fused-ring (bicyclic) bond motifs is 1. The molecular weight excluding hydrogens is 451 g/mol. The quantitative estimate of drug-likeness (QED) is 0.595. The van der Waals surface area contributed by atoms with Crippen molar-refractivity contribution in [3.63, 3.8) is 0 Å². The normalized spacial score (nSPS) is 17.2. The molecule has 0 aromatic carbocycles. The van der Waals surface area contributed by atoms with Crippen LogP contribution in [0.2, 0.25) is 0 Å². The van der Waals surface area contributed by atoms with Crippen LogP contribution in [0.4, 0.5) is 18.9 Å². The second kappa shape index (κ2) is 9.01. The largest absolute Gasteiger partial charge is 0.422 e. The molecule has 0 aliphatic carbocycles. The number of aromatic nitrogens is 4. The molecule has 180 valence electrons. The Morgan fingerprint density at radius 1 is 1.21 bits per heavy atom. The summed E-state index contributed by atoms with van der Waals surface area (Å²) in [6.45, 7) is 6.00. The third-order valence-corrected chi connectivity index (χ3v) is 6.02. The van der Waals surface area contributed by atoms with Crippen molar-refractivity contribution in [2.75, 3.05) is 31.6 Å². The number of halogens is 3. The van der Waals surface area contributed by atoms with Gasteiger partial charge < -0.3 is 15.2 Å². The number of amides is 1. The third kappa shape index (κ3) is 4.58. The van der Waals surface area contributed by atoms with Crippen LogP contribution in [-0.4, -0.2) is 63.5 Å². The summed E-state index contributed by atoms with van der Waals surface area (Å²) < 4.78 is 39.6. The first kappa shape index (κ1) is 23.6. The number of carbonyl (C=O) groups excluding carboxylic acids is 1. The number of nitrogens with zero attached hydrogens (tertiary/aromatic N) is 5. The molecule has 4 heterocycles. The van der Waals surface area contributed by atoms with E-state index in [2.05, 4.69) is 42.0 Å². The number of carbonyl (C=O) groups is 1. The van der Waals surface area contributed by atoms with Crippen LogP contribution in [0.5, 0.6) is 0 Å². The number of hydrogen-bond acceptors (Lipinski definition) is 7. The highest BCUT2D eigenvalue weighted by Crippen LogP contribution is 2.31. The van der Waals surface area contributed by atoms with Crippen LogP contribution >= 0.6 is 0 Å². The molecule has 1 aliphatic rings. The zero-order valence-electron chi connectivity index (χ0n) is 18.9. The topological polar surface area (TPSA) is 107 Å². The molecule has 1 atom stereocenters. The van der Waals surface area contributed by atoms with Crippen molar-refractivity contribution in [3.8, 4) is 0 Å². The Morgan fingerprint density at radius 2 is 1.91 bits per heavy atom. The number of hydrogen-bond donors (Lipinski definition) is 2. The van der Waals surface area contributed by atoms with Gasteiger partial charge >= 0.3 is 6.18 Å². The molecule has 2 N–H and O–H groups in total. The number of H-pyrrole nitrogens is 1. The second-order valence-corrected chi connectivity index (χ2v) is 8.30. The highest BCUT2D eigenvalue weighted by molar-refractivity contribution is 5.90. The molecule has 3 aromatic heterocycles. The lowest BCUT2D eigenvalue weighted by atomic mass is 10.1. The van der Waals surface area contributed by atoms with Crippen molar-refractivity contribution < 1.29 is 18.0 Å². The third-order valence-electron chi connectivity index (χ3n) is 6.02. The van der Waals surface area contributed by atoms with Crippen LogP contribution in [-0.2, 0) is 12.7 Å². The molecule has 1 unspecified atom stereocenters. The van der Waals surface area contributed by atoms with E-state index in [0.717, 1.165) is 17.8 Å². The monoisotopic (exact) mass is 475 g/mol. The summed E-state index contributed by atoms with van der Waals surface area (Å²) in [6, 6.07) is 1.83. The van der Waals surface area contributed by atoms with Gasteiger partial charge in [0.05, 0.1) is 29.1 Å². The molecule has 3 aromatic rings. The highest BCUT2D eigenvalue weighted by atomic mass is 19.4. The lowest BCUT2D eigenvalue weighted by molar-refractivity contribution is -0.139. The molecule has 0 saturated carbocycles. The summed E-state index contributed by atoms with van der Waals surface area (Å²) in [5.74, 6) is -0.239. The smallest absolute Gasteiger partial charge is 0.366 e. The Labute approximate surface area is 193 Å². The van der Waals surface area contributed by atoms with Gasteiger partial charge in [-0.15, -0.1) is 0 Å². The predicted molar refractivity (Wildman–Crippen MR) is 120 cm³/mol. The fourth-order valence-electron chi connectivity index (χ4n) is 4.22. The van der Waals surface area contributed by atoms with Crippen molar-refractivity contribution in [1.29, 1.82) is 0 Å². The van der Waals surface area contributed by atoms with E-state index in [9.17, 15) is 22.8 Å². The van der Waals surface area contributed by atoms with E-state index in [-0.39, 0.29) is 34.4 Å². The van der Waals surface area contributed by atoms with Crippen molar-refractivity contribution in [2.24, 2.45) is 0 Å². The Bertz CT molecular complexity index is 1270. The van der Waals surface area contributed by atoms with Crippen LogP contribution in [0.15, 0.2) is 29.5 Å². The number of aryl methyl sites for hydroxylation is 1. The minimum absolute atomic E-state index is 0.109. The Morgan fingerprint density at radius 3 is 2.53 bits per heavy atom. The van der Waals surface area contributed by atoms with E-state index < -0.39 is 17.3 Å². The van der Waals surface area contributed by atoms with E-state index in [1.807, 2.05) is 0 Å². The fourth-order valence-corrected chi connectivity index (χ4v) is 4.22. The molecule has 4 rings (SSSR count). The minimum Gasteiger partial charge on any atom is -0.366 e. The van der Waals surface area contributed by atoms with Gasteiger partial charge in [0.1, 0.15) is 5.56 Å². The van der Waals surface area contributed by atoms with E-state index >= 15 is 0 Å². The maximum absolute atomic E-state index is 13.2. The van der Waals surface area contributed by atoms with Gasteiger partial charge in [-0.05, 0) is 31.0 Å². The van der Waals surface area contributed by atoms with Gasteiger partial charge in [0.2, 0.25) is 5.82 Å². The average molecular weight is 475 g/mol. The lowest BCUT2D eigenvalue weighted by Gasteiger charge is -2.40. The fraction of sp³-hybridized carbons (Fsp3) is 0.409. The van der Waals surface area contributed by atoms with E-state index in [1.165, 1.54) is 14.0 Å². The molecule has 1 amide bonds. The number of pyridine rings is 2. The van der Waals surface area contributed by atoms with Crippen LogP contribution in [0.25, 0.3) is 11.0 Å². The number of rotatable bonds is 4. The van der Waals surface area contributed by atoms with Gasteiger partial charge in [-0.2, -0.15) is 13.2 Å². The van der Waals surface area contributed by atoms with Gasteiger partial charge in [-0.3, -0.25) is 19.5 Å². The zero-order chi connectivity index (χ0) is 24.6. The summed E-state index contributed by atoms with van der Waals surface area (Å²) in [5, 5.41) is 2.48. The Balaban J connectivity index is 1.48. The maximum atomic E-state index is 13.2. The van der Waals surface area contributed by atoms with E-state index in [4.69, 9.17) is 0 Å². The van der Waals surface area contributed by atoms with E-state index in [1.54, 1.807) is 24.7 Å². The molecule has 1 saturated heterocycles. The molecule has 1 aliphatic heterocycles. The summed E-state index contributed by atoms with van der Waals surface area (Å²) >= 11 is 0. The van der Waals surface area contributed by atoms with E-state index in [0.29, 0.717) is 19.6 Å². The van der Waals surface area contributed by atoms with Crippen LogP contribution in [0.1, 0.15) is 34.2 Å². The molecule has 1 fully saturated rings. The lowest BCUT2D eigenvalue weighted by Crippen LogP contribution is -2.51. The Kier molecular flexibility index (Phi) is 6.26. The van der Waals surface area contributed by atoms with Crippen molar-refractivity contribution >= 4 is 22.6 Å². The van der Waals surface area contributed by atoms with Crippen molar-refractivity contribution in [1.82, 2.24) is 30.2 Å². The van der Waals surface area contributed by atoms with Crippen LogP contribution in [0, 0.1) is 6.92 Å². The number of nitrogens with one attached hydrogen (secondary N) is 2. The van der Waals surface area contributed by atoms with Crippen molar-refractivity contribution in [2.45, 2.75) is 32.6 Å². The van der Waals surface area contributed by atoms with Gasteiger partial charge in [0.15, 0.2) is 0 Å². The first-order chi connectivity index (χ1) is 16.1. The highest BCUT2D eigenvalue weighted by Gasteiger charge is 2.37. The summed E-state index contributed by atoms with van der Waals surface area (Å²) in [4.78, 5) is 42.8. The number of piperazine rings is 1. The molecule has 0 spiro atoms. The standard InChI is InChI=1S/C22H24F3N7O2/c1-12-10-32(15-8-28-19(29-9-15)21(34)26-3)5-4-31(12)11-14-6-16-18(27-7-14)13(2)17(20(33)30-16)22(23,24)25/h6-9,12H,4-5,10-11H2,1-3H3,(H,26,34)(H,30,33). The molecule has 34 heavy (non-hydrogen) atoms. The SMILES string of the molecule is CNC(=O)c1ncc(N2CCN(Cc3cnc4c(C)c(C(F)(F)F)c(=O)[nH]c4c3)C(C)C2)cn1. The van der Waals surface area contributed by atoms with Gasteiger partial charge in [0, 0.05) is 45.5 Å². The minimum atomic E-state index is -4.74. The summed E-state index contributed by atoms with van der Waals surface area (Å²) in [7, 11) is 1.52. The van der Waals surface area contributed by atoms with Gasteiger partial charge in [-0.1, -0.05) is 0 Å². The molecule has 0 bridgehead atoms. The number of aromatic amines is 1. The van der Waals surface area contributed by atoms with Gasteiger partial charge in [0.25, 0.3) is 11.5 Å². The number of alkyl halides is 3. The molecule has 9 nitrogen and oxygen atoms in total. The van der Waals surface area contributed by atoms with Crippen molar-refractivity contribution in [3.05, 3.63) is 57.5 Å². The first-order valence-electron chi connectivity index (χ1n) is 10.7. The first-order valence-corrected chi connectivity index (χ1v) is 10.7. The molecule has 12 heteroatoms. The average Bonchev–Trinajstić information content (AvgIpc) is 2.79. The predicted octanol–water partition coefficient (Wildman–Crippen LogP) is 2.11. The summed E-state index contributed by atoms with van der Waals surface area (Å²) in [5.41, 5.74) is -0.521. The van der Waals surface area contributed by atoms with Crippen LogP contribution in [0.3, 0.4) is 0 Å². The van der Waals surface area contributed by atoms with Crippen LogP contribution < -0.4 is 15.8 Å². The Hall–Kier alpha value is -3.54. The van der Waals surface area contributed by atoms with Gasteiger partial charge in [-0.25, -0.2) is 9.97 Å².